The van der Waals surface area contributed by atoms with Crippen LogP contribution in [-0.4, -0.2) is 0 Å². The van der Waals surface area contributed by atoms with E-state index in [1.165, 1.54) is 11.1 Å². The van der Waals surface area contributed by atoms with E-state index in [-0.39, 0.29) is 0 Å². The van der Waals surface area contributed by atoms with Crippen molar-refractivity contribution in [2.24, 2.45) is 0 Å². The van der Waals surface area contributed by atoms with Crippen LogP contribution in [0.15, 0.2) is 42.5 Å². The Kier molecular flexibility index (Phi) is 3.52. The molecule has 2 heteroatoms. The third-order valence-corrected chi connectivity index (χ3v) is 3.10. The maximum absolute atomic E-state index is 6.03. The monoisotopic (exact) mass is 250 g/mol. The summed E-state index contributed by atoms with van der Waals surface area (Å²) in [7, 11) is 0. The Morgan fingerprint density at radius 2 is 1.50 bits per heavy atom. The first-order valence-corrected chi connectivity index (χ1v) is 6.00. The van der Waals surface area contributed by atoms with Crippen LogP contribution in [0.1, 0.15) is 12.5 Å². The largest absolute Gasteiger partial charge is 0.0843 e. The van der Waals surface area contributed by atoms with Gasteiger partial charge in [-0.05, 0) is 47.4 Å². The molecule has 0 fully saturated rings. The van der Waals surface area contributed by atoms with Crippen molar-refractivity contribution in [2.75, 3.05) is 0 Å². The van der Waals surface area contributed by atoms with Crippen LogP contribution < -0.4 is 0 Å². The quantitative estimate of drug-likeness (QED) is 0.686. The number of benzene rings is 2. The first-order chi connectivity index (χ1) is 7.70. The van der Waals surface area contributed by atoms with Gasteiger partial charge >= 0.3 is 0 Å². The van der Waals surface area contributed by atoms with E-state index >= 15 is 0 Å². The molecule has 2 aromatic carbocycles. The van der Waals surface area contributed by atoms with Crippen LogP contribution in [0.4, 0.5) is 0 Å². The number of aryl methyl sites for hydroxylation is 1. The van der Waals surface area contributed by atoms with E-state index in [0.717, 1.165) is 22.0 Å². The molecule has 0 spiro atoms. The summed E-state index contributed by atoms with van der Waals surface area (Å²) in [6.45, 7) is 2.14. The van der Waals surface area contributed by atoms with Crippen LogP contribution in [0.2, 0.25) is 10.0 Å². The minimum Gasteiger partial charge on any atom is -0.0843 e. The Morgan fingerprint density at radius 1 is 0.875 bits per heavy atom. The second-order valence-corrected chi connectivity index (χ2v) is 4.53. The third kappa shape index (κ3) is 2.40. The Balaban J connectivity index is 2.53. The lowest BCUT2D eigenvalue weighted by atomic mass is 9.98. The summed E-state index contributed by atoms with van der Waals surface area (Å²) in [6.07, 6.45) is 0.995. The molecular weight excluding hydrogens is 239 g/mol. The molecule has 0 atom stereocenters. The van der Waals surface area contributed by atoms with E-state index in [1.807, 2.05) is 36.4 Å². The fraction of sp³-hybridized carbons (Fsp3) is 0.143. The first kappa shape index (κ1) is 11.5. The van der Waals surface area contributed by atoms with Crippen LogP contribution in [0, 0.1) is 0 Å². The van der Waals surface area contributed by atoms with Gasteiger partial charge in [0.1, 0.15) is 0 Å². The van der Waals surface area contributed by atoms with Gasteiger partial charge in [-0.25, -0.2) is 0 Å². The summed E-state index contributed by atoms with van der Waals surface area (Å²) in [5.74, 6) is 0. The van der Waals surface area contributed by atoms with Crippen molar-refractivity contribution in [3.8, 4) is 11.1 Å². The SMILES string of the molecule is CCc1ccc(Cl)cc1-c1ccc(Cl)cc1. The molecule has 2 aromatic rings. The average molecular weight is 251 g/mol. The summed E-state index contributed by atoms with van der Waals surface area (Å²) < 4.78 is 0. The number of rotatable bonds is 2. The number of halogens is 2. The van der Waals surface area contributed by atoms with Gasteiger partial charge < -0.3 is 0 Å². The van der Waals surface area contributed by atoms with E-state index in [2.05, 4.69) is 13.0 Å². The van der Waals surface area contributed by atoms with Crippen molar-refractivity contribution in [3.05, 3.63) is 58.1 Å². The first-order valence-electron chi connectivity index (χ1n) is 5.25. The summed E-state index contributed by atoms with van der Waals surface area (Å²) >= 11 is 11.9. The molecule has 0 bridgehead atoms. The highest BCUT2D eigenvalue weighted by Gasteiger charge is 2.04. The molecule has 0 heterocycles. The van der Waals surface area contributed by atoms with Gasteiger partial charge in [0, 0.05) is 10.0 Å². The summed E-state index contributed by atoms with van der Waals surface area (Å²) in [5.41, 5.74) is 3.64. The Morgan fingerprint density at radius 3 is 2.12 bits per heavy atom. The molecule has 16 heavy (non-hydrogen) atoms. The van der Waals surface area contributed by atoms with E-state index < -0.39 is 0 Å². The highest BCUT2D eigenvalue weighted by molar-refractivity contribution is 6.31. The predicted octanol–water partition coefficient (Wildman–Crippen LogP) is 5.22. The van der Waals surface area contributed by atoms with Crippen LogP contribution >= 0.6 is 23.2 Å². The number of hydrogen-bond donors (Lipinski definition) is 0. The molecule has 2 rings (SSSR count). The minimum atomic E-state index is 0.754. The average Bonchev–Trinajstić information content (AvgIpc) is 2.30. The third-order valence-electron chi connectivity index (χ3n) is 2.61. The highest BCUT2D eigenvalue weighted by Crippen LogP contribution is 2.28. The topological polar surface area (TPSA) is 0 Å². The zero-order valence-electron chi connectivity index (χ0n) is 9.00. The smallest absolute Gasteiger partial charge is 0.0412 e. The van der Waals surface area contributed by atoms with Crippen molar-refractivity contribution in [3.63, 3.8) is 0 Å². The zero-order valence-corrected chi connectivity index (χ0v) is 10.5. The molecule has 0 amide bonds. The van der Waals surface area contributed by atoms with Crippen molar-refractivity contribution >= 4 is 23.2 Å². The molecule has 0 nitrogen and oxygen atoms in total. The van der Waals surface area contributed by atoms with Crippen LogP contribution in [0.3, 0.4) is 0 Å². The highest BCUT2D eigenvalue weighted by atomic mass is 35.5. The molecular formula is C14H12Cl2. The molecule has 0 aliphatic rings. The van der Waals surface area contributed by atoms with Gasteiger partial charge in [-0.1, -0.05) is 48.3 Å². The van der Waals surface area contributed by atoms with Crippen molar-refractivity contribution < 1.29 is 0 Å². The standard InChI is InChI=1S/C14H12Cl2/c1-2-10-3-8-13(16)9-14(10)11-4-6-12(15)7-5-11/h3-9H,2H2,1H3. The molecule has 0 unspecified atom stereocenters. The molecule has 0 aliphatic carbocycles. The fourth-order valence-electron chi connectivity index (χ4n) is 1.76. The Hall–Kier alpha value is -0.980. The fourth-order valence-corrected chi connectivity index (χ4v) is 2.05. The van der Waals surface area contributed by atoms with Gasteiger partial charge in [-0.2, -0.15) is 0 Å². The summed E-state index contributed by atoms with van der Waals surface area (Å²) in [4.78, 5) is 0. The Labute approximate surface area is 106 Å². The lowest BCUT2D eigenvalue weighted by molar-refractivity contribution is 1.14. The van der Waals surface area contributed by atoms with Crippen molar-refractivity contribution in [1.82, 2.24) is 0 Å². The van der Waals surface area contributed by atoms with E-state index in [4.69, 9.17) is 23.2 Å². The summed E-state index contributed by atoms with van der Waals surface area (Å²) in [6, 6.07) is 13.9. The summed E-state index contributed by atoms with van der Waals surface area (Å²) in [5, 5.41) is 1.52. The van der Waals surface area contributed by atoms with E-state index in [1.54, 1.807) is 0 Å². The molecule has 0 aromatic heterocycles. The van der Waals surface area contributed by atoms with Gasteiger partial charge in [0.15, 0.2) is 0 Å². The van der Waals surface area contributed by atoms with E-state index in [0.29, 0.717) is 0 Å². The maximum Gasteiger partial charge on any atom is 0.0412 e. The van der Waals surface area contributed by atoms with Gasteiger partial charge in [0.05, 0.1) is 0 Å². The normalized spacial score (nSPS) is 10.4. The predicted molar refractivity (Wildman–Crippen MR) is 71.3 cm³/mol. The lowest BCUT2D eigenvalue weighted by Gasteiger charge is -2.08. The van der Waals surface area contributed by atoms with Gasteiger partial charge in [0.25, 0.3) is 0 Å². The molecule has 0 saturated heterocycles. The van der Waals surface area contributed by atoms with Crippen LogP contribution in [-0.2, 0) is 6.42 Å². The van der Waals surface area contributed by atoms with Gasteiger partial charge in [-0.15, -0.1) is 0 Å². The van der Waals surface area contributed by atoms with Gasteiger partial charge in [-0.3, -0.25) is 0 Å². The van der Waals surface area contributed by atoms with Crippen LogP contribution in [0.25, 0.3) is 11.1 Å². The number of hydrogen-bond acceptors (Lipinski definition) is 0. The van der Waals surface area contributed by atoms with Gasteiger partial charge in [0.2, 0.25) is 0 Å². The molecule has 0 radical (unpaired) electrons. The molecule has 82 valence electrons. The second-order valence-electron chi connectivity index (χ2n) is 3.66. The maximum atomic E-state index is 6.03. The van der Waals surface area contributed by atoms with Crippen molar-refractivity contribution in [2.45, 2.75) is 13.3 Å². The lowest BCUT2D eigenvalue weighted by Crippen LogP contribution is -1.87. The zero-order chi connectivity index (χ0) is 11.5. The van der Waals surface area contributed by atoms with Crippen molar-refractivity contribution in [1.29, 1.82) is 0 Å². The minimum absolute atomic E-state index is 0.754. The van der Waals surface area contributed by atoms with E-state index in [9.17, 15) is 0 Å². The molecule has 0 aliphatic heterocycles. The molecule has 0 N–H and O–H groups in total. The second kappa shape index (κ2) is 4.90. The molecule has 0 saturated carbocycles. The Bertz CT molecular complexity index is 487. The van der Waals surface area contributed by atoms with Crippen LogP contribution in [0.5, 0.6) is 0 Å².